The summed E-state index contributed by atoms with van der Waals surface area (Å²) in [4.78, 5) is 8.92. The molecular weight excluding hydrogens is 202 g/mol. The van der Waals surface area contributed by atoms with E-state index in [1.807, 2.05) is 14.0 Å². The monoisotopic (exact) mass is 223 g/mol. The molecule has 0 bridgehead atoms. The summed E-state index contributed by atoms with van der Waals surface area (Å²) in [6, 6.07) is 0. The van der Waals surface area contributed by atoms with Gasteiger partial charge in [-0.3, -0.25) is 0 Å². The SMILES string of the molecule is CCCOCc1nc(CC)c(C)c(NC)n1. The van der Waals surface area contributed by atoms with Crippen LogP contribution in [0.1, 0.15) is 37.4 Å². The van der Waals surface area contributed by atoms with Crippen LogP contribution >= 0.6 is 0 Å². The maximum absolute atomic E-state index is 5.45. The largest absolute Gasteiger partial charge is 0.373 e. The minimum absolute atomic E-state index is 0.496. The van der Waals surface area contributed by atoms with Crippen molar-refractivity contribution in [3.05, 3.63) is 17.1 Å². The summed E-state index contributed by atoms with van der Waals surface area (Å²) in [6.07, 6.45) is 1.94. The highest BCUT2D eigenvalue weighted by Crippen LogP contribution is 2.15. The van der Waals surface area contributed by atoms with Gasteiger partial charge in [0.1, 0.15) is 12.4 Å². The van der Waals surface area contributed by atoms with Gasteiger partial charge < -0.3 is 10.1 Å². The van der Waals surface area contributed by atoms with Crippen LogP contribution in [-0.2, 0) is 17.8 Å². The van der Waals surface area contributed by atoms with Gasteiger partial charge in [-0.25, -0.2) is 9.97 Å². The van der Waals surface area contributed by atoms with Crippen molar-refractivity contribution >= 4 is 5.82 Å². The lowest BCUT2D eigenvalue weighted by Crippen LogP contribution is -2.08. The summed E-state index contributed by atoms with van der Waals surface area (Å²) in [6.45, 7) is 7.49. The zero-order chi connectivity index (χ0) is 12.0. The van der Waals surface area contributed by atoms with Crippen LogP contribution in [0.3, 0.4) is 0 Å². The van der Waals surface area contributed by atoms with Crippen LogP contribution < -0.4 is 5.32 Å². The van der Waals surface area contributed by atoms with Gasteiger partial charge in [-0.15, -0.1) is 0 Å². The maximum atomic E-state index is 5.45. The van der Waals surface area contributed by atoms with Crippen LogP contribution in [0.25, 0.3) is 0 Å². The molecule has 0 amide bonds. The van der Waals surface area contributed by atoms with Crippen LogP contribution in [0.5, 0.6) is 0 Å². The minimum atomic E-state index is 0.496. The number of aromatic nitrogens is 2. The molecule has 16 heavy (non-hydrogen) atoms. The van der Waals surface area contributed by atoms with Crippen LogP contribution in [0, 0.1) is 6.92 Å². The number of aryl methyl sites for hydroxylation is 1. The lowest BCUT2D eigenvalue weighted by atomic mass is 10.2. The standard InChI is InChI=1S/C12H21N3O/c1-5-7-16-8-11-14-10(6-2)9(3)12(13-4)15-11/h5-8H2,1-4H3,(H,13,14,15). The Labute approximate surface area is 97.5 Å². The summed E-state index contributed by atoms with van der Waals surface area (Å²) in [5, 5.41) is 3.09. The first kappa shape index (κ1) is 12.9. The van der Waals surface area contributed by atoms with Gasteiger partial charge in [0.25, 0.3) is 0 Å². The second-order valence-electron chi connectivity index (χ2n) is 3.72. The fourth-order valence-electron chi connectivity index (χ4n) is 1.57. The first-order valence-electron chi connectivity index (χ1n) is 5.84. The quantitative estimate of drug-likeness (QED) is 0.752. The number of hydrogen-bond acceptors (Lipinski definition) is 4. The van der Waals surface area contributed by atoms with Crippen LogP contribution in [0.15, 0.2) is 0 Å². The fraction of sp³-hybridized carbons (Fsp3) is 0.667. The van der Waals surface area contributed by atoms with E-state index < -0.39 is 0 Å². The molecule has 1 aromatic heterocycles. The number of ether oxygens (including phenoxy) is 1. The van der Waals surface area contributed by atoms with E-state index in [2.05, 4.69) is 29.1 Å². The molecule has 4 heteroatoms. The summed E-state index contributed by atoms with van der Waals surface area (Å²) >= 11 is 0. The Morgan fingerprint density at radius 3 is 2.56 bits per heavy atom. The van der Waals surface area contributed by atoms with Gasteiger partial charge in [0.05, 0.1) is 0 Å². The van der Waals surface area contributed by atoms with E-state index in [9.17, 15) is 0 Å². The van der Waals surface area contributed by atoms with Gasteiger partial charge in [-0.2, -0.15) is 0 Å². The minimum Gasteiger partial charge on any atom is -0.373 e. The Morgan fingerprint density at radius 2 is 2.00 bits per heavy atom. The molecule has 1 aromatic rings. The molecule has 4 nitrogen and oxygen atoms in total. The maximum Gasteiger partial charge on any atom is 0.156 e. The van der Waals surface area contributed by atoms with E-state index in [1.54, 1.807) is 0 Å². The number of nitrogens with one attached hydrogen (secondary N) is 1. The molecule has 1 heterocycles. The van der Waals surface area contributed by atoms with Crippen molar-refractivity contribution in [2.45, 2.75) is 40.2 Å². The molecule has 1 rings (SSSR count). The van der Waals surface area contributed by atoms with Crippen molar-refractivity contribution in [1.29, 1.82) is 0 Å². The van der Waals surface area contributed by atoms with Crippen molar-refractivity contribution in [2.24, 2.45) is 0 Å². The predicted molar refractivity (Wildman–Crippen MR) is 65.6 cm³/mol. The summed E-state index contributed by atoms with van der Waals surface area (Å²) < 4.78 is 5.45. The van der Waals surface area contributed by atoms with Gasteiger partial charge in [0.2, 0.25) is 0 Å². The third-order valence-electron chi connectivity index (χ3n) is 2.44. The van der Waals surface area contributed by atoms with Gasteiger partial charge in [-0.05, 0) is 19.8 Å². The molecule has 0 saturated heterocycles. The highest BCUT2D eigenvalue weighted by atomic mass is 16.5. The number of nitrogens with zero attached hydrogens (tertiary/aromatic N) is 2. The van der Waals surface area contributed by atoms with E-state index in [4.69, 9.17) is 4.74 Å². The zero-order valence-electron chi connectivity index (χ0n) is 10.6. The predicted octanol–water partition coefficient (Wildman–Crippen LogP) is 2.32. The van der Waals surface area contributed by atoms with E-state index in [-0.39, 0.29) is 0 Å². The molecule has 0 spiro atoms. The lowest BCUT2D eigenvalue weighted by Gasteiger charge is -2.11. The lowest BCUT2D eigenvalue weighted by molar-refractivity contribution is 0.116. The Kier molecular flexibility index (Phi) is 5.19. The van der Waals surface area contributed by atoms with Gasteiger partial charge >= 0.3 is 0 Å². The van der Waals surface area contributed by atoms with E-state index >= 15 is 0 Å². The number of anilines is 1. The van der Waals surface area contributed by atoms with Gasteiger partial charge in [0.15, 0.2) is 5.82 Å². The van der Waals surface area contributed by atoms with Crippen LogP contribution in [0.4, 0.5) is 5.82 Å². The average Bonchev–Trinajstić information content (AvgIpc) is 2.31. The Hall–Kier alpha value is -1.16. The normalized spacial score (nSPS) is 10.5. The molecule has 0 aliphatic heterocycles. The highest BCUT2D eigenvalue weighted by molar-refractivity contribution is 5.45. The zero-order valence-corrected chi connectivity index (χ0v) is 10.6. The molecule has 0 radical (unpaired) electrons. The van der Waals surface area contributed by atoms with E-state index in [0.29, 0.717) is 6.61 Å². The summed E-state index contributed by atoms with van der Waals surface area (Å²) in [7, 11) is 1.88. The second kappa shape index (κ2) is 6.43. The van der Waals surface area contributed by atoms with Crippen molar-refractivity contribution in [1.82, 2.24) is 9.97 Å². The molecule has 0 aliphatic rings. The second-order valence-corrected chi connectivity index (χ2v) is 3.72. The third kappa shape index (κ3) is 3.17. The molecule has 0 aliphatic carbocycles. The molecule has 0 aromatic carbocycles. The average molecular weight is 223 g/mol. The van der Waals surface area contributed by atoms with Crippen molar-refractivity contribution in [2.75, 3.05) is 19.0 Å². The van der Waals surface area contributed by atoms with Gasteiger partial charge in [-0.1, -0.05) is 13.8 Å². The molecule has 0 unspecified atom stereocenters. The summed E-state index contributed by atoms with van der Waals surface area (Å²) in [5.41, 5.74) is 2.22. The molecule has 0 atom stereocenters. The molecule has 1 N–H and O–H groups in total. The third-order valence-corrected chi connectivity index (χ3v) is 2.44. The topological polar surface area (TPSA) is 47.0 Å². The van der Waals surface area contributed by atoms with Crippen molar-refractivity contribution in [3.63, 3.8) is 0 Å². The first-order valence-corrected chi connectivity index (χ1v) is 5.84. The smallest absolute Gasteiger partial charge is 0.156 e. The van der Waals surface area contributed by atoms with Crippen molar-refractivity contribution < 1.29 is 4.74 Å². The van der Waals surface area contributed by atoms with E-state index in [0.717, 1.165) is 42.3 Å². The Bertz CT molecular complexity index is 314. The Morgan fingerprint density at radius 1 is 1.25 bits per heavy atom. The summed E-state index contributed by atoms with van der Waals surface area (Å²) in [5.74, 6) is 1.67. The first-order chi connectivity index (χ1) is 7.72. The number of hydrogen-bond donors (Lipinski definition) is 1. The fourth-order valence-corrected chi connectivity index (χ4v) is 1.57. The molecule has 90 valence electrons. The molecule has 0 fully saturated rings. The van der Waals surface area contributed by atoms with E-state index in [1.165, 1.54) is 0 Å². The Balaban J connectivity index is 2.84. The molecular formula is C12H21N3O. The highest BCUT2D eigenvalue weighted by Gasteiger charge is 2.08. The van der Waals surface area contributed by atoms with Gasteiger partial charge in [0, 0.05) is 24.9 Å². The van der Waals surface area contributed by atoms with Crippen molar-refractivity contribution in [3.8, 4) is 0 Å². The van der Waals surface area contributed by atoms with Crippen LogP contribution in [0.2, 0.25) is 0 Å². The van der Waals surface area contributed by atoms with Crippen LogP contribution in [-0.4, -0.2) is 23.6 Å². The number of rotatable bonds is 6. The molecule has 0 saturated carbocycles.